The maximum absolute atomic E-state index is 14.4. The number of aromatic nitrogens is 1. The van der Waals surface area contributed by atoms with Crippen molar-refractivity contribution in [2.24, 2.45) is 11.3 Å². The van der Waals surface area contributed by atoms with Gasteiger partial charge in [-0.1, -0.05) is 45.4 Å². The molecule has 2 aliphatic heterocycles. The van der Waals surface area contributed by atoms with Crippen molar-refractivity contribution in [1.29, 1.82) is 0 Å². The van der Waals surface area contributed by atoms with E-state index in [2.05, 4.69) is 44.4 Å². The van der Waals surface area contributed by atoms with E-state index in [4.69, 9.17) is 4.74 Å². The van der Waals surface area contributed by atoms with E-state index in [9.17, 15) is 27.6 Å². The van der Waals surface area contributed by atoms with E-state index in [1.807, 2.05) is 32.9 Å². The quantitative estimate of drug-likeness (QED) is 0.334. The Bertz CT molecular complexity index is 1770. The maximum atomic E-state index is 14.4. The van der Waals surface area contributed by atoms with Crippen LogP contribution >= 0.6 is 0 Å². The number of rotatable bonds is 6. The summed E-state index contributed by atoms with van der Waals surface area (Å²) in [7, 11) is -3.87. The fourth-order valence-corrected chi connectivity index (χ4v) is 8.18. The standard InChI is InChI=1S/C35H46N6O7S/c1-5-23-19-35(23,32(44)40-49(46,47)25-12-13-25)39-29(42)27-18-24-20-41(27)31(43)28(34(2,3)4)38-33(45)37-15-8-6-7-9-21-10-11-22-14-16-36-30(48-24)26(22)17-21/h5,10-11,14,16-17,23-25,27-28H,1,6-9,12-13,15,18-20H2,2-4H3,(H,39,42)(H,40,44)(H2,37,38,45)/t23-,24-,27+,28-,35-/m1/s1. The normalized spacial score (nSPS) is 28.0. The van der Waals surface area contributed by atoms with Crippen LogP contribution in [0.5, 0.6) is 5.88 Å². The van der Waals surface area contributed by atoms with Gasteiger partial charge in [0.15, 0.2) is 0 Å². The Morgan fingerprint density at radius 2 is 1.92 bits per heavy atom. The number of carbonyl (C=O) groups is 4. The zero-order chi connectivity index (χ0) is 35.1. The third-order valence-corrected chi connectivity index (χ3v) is 11.8. The summed E-state index contributed by atoms with van der Waals surface area (Å²) in [5, 5.41) is 9.66. The number of carbonyl (C=O) groups excluding carboxylic acids is 4. The molecule has 0 spiro atoms. The van der Waals surface area contributed by atoms with Crippen molar-refractivity contribution in [2.45, 2.75) is 101 Å². The van der Waals surface area contributed by atoms with Crippen molar-refractivity contribution in [2.75, 3.05) is 13.1 Å². The number of nitrogens with one attached hydrogen (secondary N) is 4. The molecule has 5 amide bonds. The molecule has 2 aliphatic carbocycles. The van der Waals surface area contributed by atoms with Gasteiger partial charge in [-0.25, -0.2) is 18.2 Å². The van der Waals surface area contributed by atoms with Crippen molar-refractivity contribution < 1.29 is 32.3 Å². The summed E-state index contributed by atoms with van der Waals surface area (Å²) in [4.78, 5) is 61.0. The molecule has 0 unspecified atom stereocenters. The minimum absolute atomic E-state index is 0.0186. The van der Waals surface area contributed by atoms with Gasteiger partial charge in [0.1, 0.15) is 23.7 Å². The van der Waals surface area contributed by atoms with Crippen LogP contribution in [-0.4, -0.2) is 84.1 Å². The molecule has 3 heterocycles. The number of sulfonamides is 1. The zero-order valence-corrected chi connectivity index (χ0v) is 29.1. The Labute approximate surface area is 287 Å². The molecule has 2 saturated carbocycles. The summed E-state index contributed by atoms with van der Waals surface area (Å²) in [5.41, 5.74) is -1.12. The van der Waals surface area contributed by atoms with E-state index >= 15 is 0 Å². The van der Waals surface area contributed by atoms with Crippen LogP contribution in [0.1, 0.15) is 71.3 Å². The number of hydrogen-bond donors (Lipinski definition) is 4. The molecule has 49 heavy (non-hydrogen) atoms. The molecule has 4 N–H and O–H groups in total. The Balaban J connectivity index is 1.32. The lowest BCUT2D eigenvalue weighted by atomic mass is 9.85. The molecule has 1 aromatic heterocycles. The molecule has 3 fully saturated rings. The van der Waals surface area contributed by atoms with Gasteiger partial charge in [-0.2, -0.15) is 0 Å². The van der Waals surface area contributed by atoms with Crippen LogP contribution in [-0.2, 0) is 30.8 Å². The molecule has 1 aromatic carbocycles. The van der Waals surface area contributed by atoms with E-state index in [1.54, 1.807) is 6.20 Å². The molecule has 6 rings (SSSR count). The second kappa shape index (κ2) is 13.3. The Kier molecular flexibility index (Phi) is 9.38. The molecule has 4 bridgehead atoms. The van der Waals surface area contributed by atoms with Gasteiger partial charge in [0.25, 0.3) is 5.91 Å². The summed E-state index contributed by atoms with van der Waals surface area (Å²) in [6.45, 7) is 9.73. The van der Waals surface area contributed by atoms with Crippen molar-refractivity contribution in [1.82, 2.24) is 30.6 Å². The zero-order valence-electron chi connectivity index (χ0n) is 28.3. The van der Waals surface area contributed by atoms with Crippen LogP contribution in [0.3, 0.4) is 0 Å². The molecular weight excluding hydrogens is 648 g/mol. The number of hydrogen-bond acceptors (Lipinski definition) is 8. The number of benzene rings is 1. The number of urea groups is 1. The molecule has 1 saturated heterocycles. The van der Waals surface area contributed by atoms with E-state index < -0.39 is 74.1 Å². The monoisotopic (exact) mass is 694 g/mol. The van der Waals surface area contributed by atoms with Gasteiger partial charge in [-0.05, 0) is 67.0 Å². The summed E-state index contributed by atoms with van der Waals surface area (Å²) in [6.07, 6.45) is 7.17. The first kappa shape index (κ1) is 34.7. The van der Waals surface area contributed by atoms with Gasteiger partial charge in [0.05, 0.1) is 11.8 Å². The van der Waals surface area contributed by atoms with Gasteiger partial charge in [0.2, 0.25) is 27.7 Å². The second-order valence-corrected chi connectivity index (χ2v) is 16.8. The highest BCUT2D eigenvalue weighted by molar-refractivity contribution is 7.91. The van der Waals surface area contributed by atoms with E-state index in [0.29, 0.717) is 25.3 Å². The van der Waals surface area contributed by atoms with Gasteiger partial charge in [-0.3, -0.25) is 19.1 Å². The number of fused-ring (bicyclic) bond motifs is 3. The molecule has 264 valence electrons. The molecule has 2 aromatic rings. The number of pyridine rings is 1. The average Bonchev–Trinajstić information content (AvgIpc) is 3.97. The number of nitrogens with zero attached hydrogens (tertiary/aromatic N) is 2. The molecule has 5 atom stereocenters. The highest BCUT2D eigenvalue weighted by Gasteiger charge is 2.62. The Morgan fingerprint density at radius 3 is 2.61 bits per heavy atom. The molecular formula is C35H46N6O7S. The molecule has 14 heteroatoms. The third kappa shape index (κ3) is 7.38. The third-order valence-electron chi connectivity index (χ3n) is 9.99. The lowest BCUT2D eigenvalue weighted by Crippen LogP contribution is -2.61. The van der Waals surface area contributed by atoms with E-state index in [1.165, 1.54) is 11.0 Å². The minimum atomic E-state index is -3.87. The average molecular weight is 695 g/mol. The molecule has 13 nitrogen and oxygen atoms in total. The van der Waals surface area contributed by atoms with Gasteiger partial charge in [-0.15, -0.1) is 6.58 Å². The number of amides is 5. The van der Waals surface area contributed by atoms with Crippen LogP contribution in [0.4, 0.5) is 4.79 Å². The first-order valence-electron chi connectivity index (χ1n) is 17.1. The van der Waals surface area contributed by atoms with Gasteiger partial charge >= 0.3 is 6.03 Å². The number of ether oxygens (including phenoxy) is 1. The van der Waals surface area contributed by atoms with Crippen LogP contribution in [0.15, 0.2) is 43.1 Å². The summed E-state index contributed by atoms with van der Waals surface area (Å²) in [6, 6.07) is 5.50. The van der Waals surface area contributed by atoms with Crippen molar-refractivity contribution in [3.63, 3.8) is 0 Å². The van der Waals surface area contributed by atoms with Crippen molar-refractivity contribution in [3.8, 4) is 5.88 Å². The number of aryl methyl sites for hydroxylation is 1. The largest absolute Gasteiger partial charge is 0.472 e. The smallest absolute Gasteiger partial charge is 0.315 e. The lowest BCUT2D eigenvalue weighted by Gasteiger charge is -2.35. The fraction of sp³-hybridized carbons (Fsp3) is 0.571. The predicted molar refractivity (Wildman–Crippen MR) is 183 cm³/mol. The maximum Gasteiger partial charge on any atom is 0.315 e. The molecule has 4 aliphatic rings. The van der Waals surface area contributed by atoms with Crippen molar-refractivity contribution >= 4 is 44.5 Å². The fourth-order valence-electron chi connectivity index (χ4n) is 6.82. The Morgan fingerprint density at radius 1 is 1.14 bits per heavy atom. The summed E-state index contributed by atoms with van der Waals surface area (Å²) < 4.78 is 33.9. The van der Waals surface area contributed by atoms with Crippen LogP contribution in [0.25, 0.3) is 10.8 Å². The van der Waals surface area contributed by atoms with Crippen LogP contribution in [0, 0.1) is 11.3 Å². The lowest BCUT2D eigenvalue weighted by molar-refractivity contribution is -0.142. The van der Waals surface area contributed by atoms with Crippen LogP contribution in [0.2, 0.25) is 0 Å². The summed E-state index contributed by atoms with van der Waals surface area (Å²) in [5.74, 6) is -2.03. The highest BCUT2D eigenvalue weighted by Crippen LogP contribution is 2.45. The van der Waals surface area contributed by atoms with E-state index in [-0.39, 0.29) is 19.4 Å². The van der Waals surface area contributed by atoms with Crippen LogP contribution < -0.4 is 25.4 Å². The van der Waals surface area contributed by atoms with Crippen molar-refractivity contribution in [3.05, 3.63) is 48.7 Å². The molecule has 0 radical (unpaired) electrons. The summed E-state index contributed by atoms with van der Waals surface area (Å²) >= 11 is 0. The highest BCUT2D eigenvalue weighted by atomic mass is 32.2. The van der Waals surface area contributed by atoms with E-state index in [0.717, 1.165) is 42.0 Å². The van der Waals surface area contributed by atoms with Gasteiger partial charge in [0, 0.05) is 30.5 Å². The topological polar surface area (TPSA) is 176 Å². The minimum Gasteiger partial charge on any atom is -0.472 e. The second-order valence-electron chi connectivity index (χ2n) is 14.8. The Hall–Kier alpha value is -4.20. The predicted octanol–water partition coefficient (Wildman–Crippen LogP) is 2.69. The first-order chi connectivity index (χ1) is 23.2. The SMILES string of the molecule is C=C[C@@H]1C[C@]1(NC(=O)[C@@H]1C[C@@H]2CN1C(=O)[C@H](C(C)(C)C)NC(=O)NCCCCCc1ccc3ccnc(c3c1)O2)C(=O)NS(=O)(=O)C1CC1. The van der Waals surface area contributed by atoms with Gasteiger partial charge < -0.3 is 25.6 Å². The first-order valence-corrected chi connectivity index (χ1v) is 18.7.